The molecular weight excluding hydrogens is 638 g/mol. The number of fused-ring (bicyclic) bond motifs is 18. The average molecular weight is 654 g/mol. The number of halogens is 4. The Morgan fingerprint density at radius 1 is 0.689 bits per heavy atom. The summed E-state index contributed by atoms with van der Waals surface area (Å²) in [5, 5.41) is 3.98. The molecule has 8 bridgehead atoms. The van der Waals surface area contributed by atoms with Gasteiger partial charge in [0.05, 0.1) is 5.56 Å². The van der Waals surface area contributed by atoms with Crippen LogP contribution in [-0.2, 0) is 25.4 Å². The zero-order valence-electron chi connectivity index (χ0n) is 23.0. The normalized spacial score (nSPS) is 18.9. The molecule has 1 unspecified atom stereocenters. The minimum atomic E-state index is -2.78. The number of hydrogen-bond acceptors (Lipinski definition) is 7. The number of nitrogens with one attached hydrogen (secondary N) is 2. The van der Waals surface area contributed by atoms with Gasteiger partial charge in [0.2, 0.25) is 0 Å². The Bertz CT molecular complexity index is 2290. The third kappa shape index (κ3) is 3.90. The van der Waals surface area contributed by atoms with Crippen LogP contribution < -0.4 is 10.4 Å². The van der Waals surface area contributed by atoms with E-state index in [1.807, 2.05) is 6.07 Å². The largest absolute Gasteiger partial charge is 0.323 e. The molecule has 1 atom stereocenters. The summed E-state index contributed by atoms with van der Waals surface area (Å²) < 4.78 is 63.3. The summed E-state index contributed by atoms with van der Waals surface area (Å²) in [6.07, 6.45) is 0. The molecule has 0 spiro atoms. The maximum Gasteiger partial charge on any atom is 0.305 e. The zero-order valence-corrected chi connectivity index (χ0v) is 26.0. The van der Waals surface area contributed by atoms with Gasteiger partial charge in [0, 0.05) is 58.1 Å². The fraction of sp³-hybridized carbons (Fsp3) is 0.0312. The van der Waals surface area contributed by atoms with Crippen molar-refractivity contribution in [3.63, 3.8) is 0 Å². The molecule has 4 aromatic carbocycles. The molecule has 45 heavy (non-hydrogen) atoms. The van der Waals surface area contributed by atoms with E-state index in [1.54, 1.807) is 42.5 Å². The van der Waals surface area contributed by atoms with E-state index >= 15 is 13.3 Å². The Morgan fingerprint density at radius 2 is 1.42 bits per heavy atom. The number of amidine groups is 5. The second-order valence-corrected chi connectivity index (χ2v) is 10.5. The van der Waals surface area contributed by atoms with Gasteiger partial charge in [0.1, 0.15) is 23.3 Å². The van der Waals surface area contributed by atoms with Crippen LogP contribution in [0.2, 0.25) is 0 Å². The predicted molar refractivity (Wildman–Crippen MR) is 159 cm³/mol. The van der Waals surface area contributed by atoms with Crippen molar-refractivity contribution in [3.05, 3.63) is 130 Å². The van der Waals surface area contributed by atoms with E-state index in [2.05, 4.69) is 30.3 Å². The number of aromatic amines is 1. The van der Waals surface area contributed by atoms with Gasteiger partial charge >= 0.3 is 5.92 Å². The van der Waals surface area contributed by atoms with E-state index in [9.17, 15) is 4.39 Å². The van der Waals surface area contributed by atoms with Crippen LogP contribution in [0.5, 0.6) is 0 Å². The molecule has 4 aliphatic heterocycles. The summed E-state index contributed by atoms with van der Waals surface area (Å²) in [5.41, 5.74) is 1.13. The number of nitrogens with zero attached hydrogens (tertiary/aromatic N) is 6. The fourth-order valence-corrected chi connectivity index (χ4v) is 5.97. The third-order valence-electron chi connectivity index (χ3n) is 7.94. The topological polar surface area (TPSA) is 92.9 Å². The van der Waals surface area contributed by atoms with E-state index in [0.29, 0.717) is 32.8 Å². The zero-order chi connectivity index (χ0) is 29.7. The third-order valence-corrected chi connectivity index (χ3v) is 7.94. The molecule has 8 nitrogen and oxygen atoms in total. The molecule has 0 amide bonds. The second-order valence-electron chi connectivity index (χ2n) is 10.5. The molecule has 5 heterocycles. The summed E-state index contributed by atoms with van der Waals surface area (Å²) in [5.74, 6) is -4.13. The summed E-state index contributed by atoms with van der Waals surface area (Å²) in [6, 6.07) is 21.7. The molecule has 0 aliphatic carbocycles. The van der Waals surface area contributed by atoms with E-state index < -0.39 is 17.6 Å². The van der Waals surface area contributed by atoms with Gasteiger partial charge in [-0.15, -0.1) is 5.12 Å². The Hall–Kier alpha value is -5.29. The van der Waals surface area contributed by atoms with Crippen molar-refractivity contribution >= 4 is 51.6 Å². The summed E-state index contributed by atoms with van der Waals surface area (Å²) >= 11 is 0. The minimum Gasteiger partial charge on any atom is -0.323 e. The van der Waals surface area contributed by atoms with Crippen molar-refractivity contribution in [2.75, 3.05) is 5.12 Å². The van der Waals surface area contributed by atoms with Crippen LogP contribution in [0.1, 0.15) is 33.4 Å². The van der Waals surface area contributed by atoms with Gasteiger partial charge in [-0.3, -0.25) is 0 Å². The van der Waals surface area contributed by atoms with Gasteiger partial charge in [-0.1, -0.05) is 65.1 Å². The van der Waals surface area contributed by atoms with Crippen LogP contribution in [0.3, 0.4) is 0 Å². The molecule has 4 aliphatic rings. The molecule has 214 valence electrons. The molecule has 1 aromatic heterocycles. The van der Waals surface area contributed by atoms with Crippen molar-refractivity contribution < 1.29 is 37.1 Å². The van der Waals surface area contributed by atoms with Gasteiger partial charge in [-0.05, 0) is 24.3 Å². The summed E-state index contributed by atoms with van der Waals surface area (Å²) in [7, 11) is 0. The average Bonchev–Trinajstić information content (AvgIpc) is 3.74. The predicted octanol–water partition coefficient (Wildman–Crippen LogP) is 6.32. The van der Waals surface area contributed by atoms with Crippen LogP contribution in [0.25, 0.3) is 10.8 Å². The van der Waals surface area contributed by atoms with Crippen molar-refractivity contribution in [2.24, 2.45) is 25.0 Å². The van der Waals surface area contributed by atoms with Gasteiger partial charge in [0.15, 0.2) is 29.2 Å². The first-order valence-electron chi connectivity index (χ1n) is 13.6. The number of hydrogen-bond donors (Lipinski definition) is 2. The number of H-pyrrole nitrogens is 1. The van der Waals surface area contributed by atoms with Crippen molar-refractivity contribution in [3.8, 4) is 0 Å². The van der Waals surface area contributed by atoms with Gasteiger partial charge in [-0.2, -0.15) is 4.39 Å². The van der Waals surface area contributed by atoms with E-state index in [-0.39, 0.29) is 76.7 Å². The maximum atomic E-state index is 17.0. The fourth-order valence-electron chi connectivity index (χ4n) is 5.97. The Kier molecular flexibility index (Phi) is 5.82. The Labute approximate surface area is 264 Å². The minimum absolute atomic E-state index is 0. The van der Waals surface area contributed by atoms with E-state index in [0.717, 1.165) is 12.1 Å². The van der Waals surface area contributed by atoms with Crippen LogP contribution >= 0.6 is 0 Å². The molecule has 9 rings (SSSR count). The first kappa shape index (κ1) is 27.3. The molecule has 0 saturated carbocycles. The quantitative estimate of drug-likeness (QED) is 0.0886. The SMILES string of the molecule is Fc1ccc2c(c1)C1=NC3(F)NC(=NC4=NC(=Nc5[nH]c(c6ccccc56)N(F)C2=N1)c1ccccc14)c1c(F)cccc13.[Zn]. The maximum absolute atomic E-state index is 17.0. The van der Waals surface area contributed by atoms with Gasteiger partial charge in [-0.25, -0.2) is 33.7 Å². The molecular formula is C32H16F4N8Zn. The van der Waals surface area contributed by atoms with Crippen molar-refractivity contribution in [1.29, 1.82) is 0 Å². The number of aromatic nitrogens is 1. The first-order valence-corrected chi connectivity index (χ1v) is 13.6. The monoisotopic (exact) mass is 652 g/mol. The van der Waals surface area contributed by atoms with Crippen molar-refractivity contribution in [1.82, 2.24) is 10.3 Å². The second kappa shape index (κ2) is 9.61. The van der Waals surface area contributed by atoms with Crippen LogP contribution in [-0.4, -0.2) is 34.2 Å². The summed E-state index contributed by atoms with van der Waals surface area (Å²) in [6.45, 7) is 0. The van der Waals surface area contributed by atoms with Crippen LogP contribution in [0.4, 0.5) is 29.3 Å². The number of rotatable bonds is 0. The molecule has 2 N–H and O–H groups in total. The standard InChI is InChI=1S/C32H16F4N8.Zn/c33-15-12-13-20-21(14-15)28-41-31(20)44(36)30-19-9-4-3-8-18(19)27(40-30)38-25-16-6-1-2-7-17(16)26(37-25)39-29-24-22(10-5-11-23(24)34)32(35,42-28)43-29;/h1-14,40H,(H,37,38,39,43);. The van der Waals surface area contributed by atoms with E-state index in [1.165, 1.54) is 24.3 Å². The van der Waals surface area contributed by atoms with Crippen LogP contribution in [0, 0.1) is 11.6 Å². The van der Waals surface area contributed by atoms with Gasteiger partial charge in [0.25, 0.3) is 0 Å². The Balaban J connectivity index is 0.00000300. The van der Waals surface area contributed by atoms with E-state index in [4.69, 9.17) is 4.99 Å². The Morgan fingerprint density at radius 3 is 2.22 bits per heavy atom. The number of aliphatic imine (C=N–C) groups is 5. The number of anilines is 1. The molecule has 0 fully saturated rings. The van der Waals surface area contributed by atoms with Crippen LogP contribution in [0.15, 0.2) is 110 Å². The number of alkyl halides is 1. The summed E-state index contributed by atoms with van der Waals surface area (Å²) in [4.78, 5) is 25.6. The number of benzene rings is 4. The molecule has 5 aromatic rings. The first-order chi connectivity index (χ1) is 21.4. The smallest absolute Gasteiger partial charge is 0.305 e. The van der Waals surface area contributed by atoms with Crippen molar-refractivity contribution in [2.45, 2.75) is 5.92 Å². The van der Waals surface area contributed by atoms with Gasteiger partial charge < -0.3 is 10.3 Å². The molecule has 0 radical (unpaired) electrons. The molecule has 13 heteroatoms. The molecule has 0 saturated heterocycles.